The summed E-state index contributed by atoms with van der Waals surface area (Å²) in [5, 5.41) is 2.95. The smallest absolute Gasteiger partial charge is 0.242 e. The average Bonchev–Trinajstić information content (AvgIpc) is 2.75. The normalized spacial score (nSPS) is 12.7. The van der Waals surface area contributed by atoms with Gasteiger partial charge in [-0.2, -0.15) is 0 Å². The van der Waals surface area contributed by atoms with Gasteiger partial charge in [0.1, 0.15) is 6.04 Å². The van der Waals surface area contributed by atoms with Crippen LogP contribution in [0, 0.1) is 13.8 Å². The molecule has 1 N–H and O–H groups in total. The van der Waals surface area contributed by atoms with E-state index in [0.717, 1.165) is 16.7 Å². The van der Waals surface area contributed by atoms with Gasteiger partial charge in [0.2, 0.25) is 21.8 Å². The predicted molar refractivity (Wildman–Crippen MR) is 142 cm³/mol. The third-order valence-electron chi connectivity index (χ3n) is 5.86. The molecule has 1 atom stereocenters. The number of aryl methyl sites for hydroxylation is 1. The molecule has 8 heteroatoms. The number of nitrogens with one attached hydrogen (secondary N) is 1. The lowest BCUT2D eigenvalue weighted by atomic mass is 10.1. The number of rotatable bonds is 10. The van der Waals surface area contributed by atoms with Crippen LogP contribution in [-0.4, -0.2) is 49.5 Å². The van der Waals surface area contributed by atoms with E-state index in [4.69, 9.17) is 0 Å². The highest BCUT2D eigenvalue weighted by atomic mass is 32.2. The lowest BCUT2D eigenvalue weighted by molar-refractivity contribution is -0.141. The summed E-state index contributed by atoms with van der Waals surface area (Å²) in [5.41, 5.74) is 3.01. The maximum Gasteiger partial charge on any atom is 0.242 e. The van der Waals surface area contributed by atoms with Gasteiger partial charge in [-0.25, -0.2) is 8.42 Å². The van der Waals surface area contributed by atoms with E-state index in [2.05, 4.69) is 5.32 Å². The Morgan fingerprint density at radius 1 is 1.00 bits per heavy atom. The first-order chi connectivity index (χ1) is 16.2. The van der Waals surface area contributed by atoms with Crippen molar-refractivity contribution in [3.63, 3.8) is 0 Å². The number of carbonyl (C=O) groups is 2. The number of hydrogen-bond donors (Lipinski definition) is 1. The zero-order chi connectivity index (χ0) is 26.4. The van der Waals surface area contributed by atoms with Crippen LogP contribution in [0.25, 0.3) is 0 Å². The molecular weight excluding hydrogens is 462 g/mol. The monoisotopic (exact) mass is 501 g/mol. The molecule has 0 aliphatic heterocycles. The Morgan fingerprint density at radius 2 is 1.63 bits per heavy atom. The largest absolute Gasteiger partial charge is 0.350 e. The van der Waals surface area contributed by atoms with Gasteiger partial charge in [-0.15, -0.1) is 0 Å². The van der Waals surface area contributed by atoms with Gasteiger partial charge in [0.05, 0.1) is 11.9 Å². The van der Waals surface area contributed by atoms with E-state index in [1.54, 1.807) is 17.9 Å². The molecule has 0 unspecified atom stereocenters. The van der Waals surface area contributed by atoms with E-state index in [9.17, 15) is 18.0 Å². The van der Waals surface area contributed by atoms with Crippen molar-refractivity contribution in [2.24, 2.45) is 0 Å². The van der Waals surface area contributed by atoms with Crippen molar-refractivity contribution >= 4 is 27.5 Å². The zero-order valence-corrected chi connectivity index (χ0v) is 22.8. The Balaban J connectivity index is 2.20. The predicted octanol–water partition coefficient (Wildman–Crippen LogP) is 4.18. The molecule has 0 spiro atoms. The summed E-state index contributed by atoms with van der Waals surface area (Å²) >= 11 is 0. The molecule has 7 nitrogen and oxygen atoms in total. The summed E-state index contributed by atoms with van der Waals surface area (Å²) in [7, 11) is -3.53. The highest BCUT2D eigenvalue weighted by Crippen LogP contribution is 2.25. The summed E-state index contributed by atoms with van der Waals surface area (Å²) in [5.74, 6) is -0.422. The fourth-order valence-electron chi connectivity index (χ4n) is 3.83. The van der Waals surface area contributed by atoms with Gasteiger partial charge >= 0.3 is 0 Å². The second-order valence-corrected chi connectivity index (χ2v) is 12.0. The van der Waals surface area contributed by atoms with Crippen LogP contribution in [0.4, 0.5) is 5.69 Å². The third-order valence-corrected chi connectivity index (χ3v) is 7.04. The summed E-state index contributed by atoms with van der Waals surface area (Å²) in [6.45, 7) is 11.7. The number of sulfonamides is 1. The molecule has 0 aromatic heterocycles. The number of anilines is 1. The van der Waals surface area contributed by atoms with Crippen molar-refractivity contribution < 1.29 is 18.0 Å². The molecule has 0 saturated heterocycles. The Morgan fingerprint density at radius 3 is 2.20 bits per heavy atom. The Labute approximate surface area is 210 Å². The second kappa shape index (κ2) is 11.7. The van der Waals surface area contributed by atoms with Crippen molar-refractivity contribution in [2.75, 3.05) is 17.1 Å². The minimum absolute atomic E-state index is 0.122. The van der Waals surface area contributed by atoms with Gasteiger partial charge in [0, 0.05) is 25.0 Å². The minimum atomic E-state index is -3.53. The van der Waals surface area contributed by atoms with Crippen LogP contribution >= 0.6 is 0 Å². The molecule has 2 amide bonds. The SMILES string of the molecule is Cc1cccc(N(CCCC(=O)N(Cc2ccccc2)[C@H](C)C(=O)NC(C)(C)C)S(C)(=O)=O)c1C. The third kappa shape index (κ3) is 8.38. The molecule has 2 aromatic carbocycles. The van der Waals surface area contributed by atoms with Gasteiger partial charge in [-0.1, -0.05) is 42.5 Å². The standard InChI is InChI=1S/C27H39N3O4S/c1-20-13-11-16-24(21(20)2)30(35(7,33)34)18-12-17-25(31)29(19-23-14-9-8-10-15-23)22(3)26(32)28-27(4,5)6/h8-11,13-16,22H,12,17-19H2,1-7H3,(H,28,32)/t22-/m1/s1. The first-order valence-corrected chi connectivity index (χ1v) is 13.7. The topological polar surface area (TPSA) is 86.8 Å². The summed E-state index contributed by atoms with van der Waals surface area (Å²) in [6.07, 6.45) is 1.63. The number of carbonyl (C=O) groups excluding carboxylic acids is 2. The number of amides is 2. The Bertz CT molecular complexity index is 1120. The molecular formula is C27H39N3O4S. The summed E-state index contributed by atoms with van der Waals surface area (Å²) in [6, 6.07) is 14.4. The minimum Gasteiger partial charge on any atom is -0.350 e. The van der Waals surface area contributed by atoms with Crippen LogP contribution < -0.4 is 9.62 Å². The van der Waals surface area contributed by atoms with E-state index in [0.29, 0.717) is 18.7 Å². The highest BCUT2D eigenvalue weighted by molar-refractivity contribution is 7.92. The van der Waals surface area contributed by atoms with Crippen LogP contribution in [0.5, 0.6) is 0 Å². The summed E-state index contributed by atoms with van der Waals surface area (Å²) < 4.78 is 26.5. The molecule has 192 valence electrons. The van der Waals surface area contributed by atoms with Crippen LogP contribution in [-0.2, 0) is 26.2 Å². The quantitative estimate of drug-likeness (QED) is 0.529. The number of hydrogen-bond acceptors (Lipinski definition) is 4. The number of nitrogens with zero attached hydrogens (tertiary/aromatic N) is 2. The maximum absolute atomic E-state index is 13.3. The lowest BCUT2D eigenvalue weighted by Gasteiger charge is -2.32. The second-order valence-electron chi connectivity index (χ2n) is 10.1. The van der Waals surface area contributed by atoms with Gasteiger partial charge in [-0.3, -0.25) is 13.9 Å². The molecule has 2 aromatic rings. The zero-order valence-electron chi connectivity index (χ0n) is 22.0. The van der Waals surface area contributed by atoms with E-state index in [1.165, 1.54) is 10.6 Å². The van der Waals surface area contributed by atoms with Crippen molar-refractivity contribution in [3.8, 4) is 0 Å². The van der Waals surface area contributed by atoms with E-state index >= 15 is 0 Å². The van der Waals surface area contributed by atoms with Crippen molar-refractivity contribution in [1.82, 2.24) is 10.2 Å². The molecule has 2 rings (SSSR count). The van der Waals surface area contributed by atoms with Gasteiger partial charge < -0.3 is 10.2 Å². The fourth-order valence-corrected chi connectivity index (χ4v) is 4.84. The highest BCUT2D eigenvalue weighted by Gasteiger charge is 2.28. The van der Waals surface area contributed by atoms with E-state index < -0.39 is 21.6 Å². The summed E-state index contributed by atoms with van der Waals surface area (Å²) in [4.78, 5) is 27.8. The Kier molecular flexibility index (Phi) is 9.49. The average molecular weight is 502 g/mol. The molecule has 0 heterocycles. The first-order valence-electron chi connectivity index (χ1n) is 11.9. The van der Waals surface area contributed by atoms with Gasteiger partial charge in [0.25, 0.3) is 0 Å². The van der Waals surface area contributed by atoms with E-state index in [-0.39, 0.29) is 24.8 Å². The van der Waals surface area contributed by atoms with Crippen LogP contribution in [0.15, 0.2) is 48.5 Å². The van der Waals surface area contributed by atoms with Crippen molar-refractivity contribution in [3.05, 3.63) is 65.2 Å². The molecule has 0 aliphatic carbocycles. The molecule has 0 saturated carbocycles. The molecule has 35 heavy (non-hydrogen) atoms. The first kappa shape index (κ1) is 28.4. The van der Waals surface area contributed by atoms with Gasteiger partial charge in [-0.05, 0) is 70.7 Å². The molecule has 0 bridgehead atoms. The maximum atomic E-state index is 13.3. The van der Waals surface area contributed by atoms with Crippen LogP contribution in [0.1, 0.15) is 57.2 Å². The van der Waals surface area contributed by atoms with E-state index in [1.807, 2.05) is 77.1 Å². The van der Waals surface area contributed by atoms with Crippen molar-refractivity contribution in [2.45, 2.75) is 72.5 Å². The molecule has 0 aliphatic rings. The van der Waals surface area contributed by atoms with Crippen molar-refractivity contribution in [1.29, 1.82) is 0 Å². The molecule has 0 fully saturated rings. The van der Waals surface area contributed by atoms with Crippen LogP contribution in [0.3, 0.4) is 0 Å². The molecule has 0 radical (unpaired) electrons. The Hall–Kier alpha value is -2.87. The number of benzene rings is 2. The fraction of sp³-hybridized carbons (Fsp3) is 0.481. The lowest BCUT2D eigenvalue weighted by Crippen LogP contribution is -2.52. The van der Waals surface area contributed by atoms with Crippen LogP contribution in [0.2, 0.25) is 0 Å². The van der Waals surface area contributed by atoms with Gasteiger partial charge in [0.15, 0.2) is 0 Å².